The van der Waals surface area contributed by atoms with E-state index < -0.39 is 10.0 Å². The van der Waals surface area contributed by atoms with Gasteiger partial charge in [-0.15, -0.1) is 0 Å². The SMILES string of the molecule is CCC1CCCCN1CCCNS(=O)(=O)c1ccc2c(c1)CCN2C(=O)C1CC1. The monoisotopic (exact) mass is 419 g/mol. The van der Waals surface area contributed by atoms with Crippen LogP contribution in [0.4, 0.5) is 5.69 Å². The normalized spacial score (nSPS) is 22.7. The van der Waals surface area contributed by atoms with Gasteiger partial charge >= 0.3 is 0 Å². The minimum atomic E-state index is -3.52. The van der Waals surface area contributed by atoms with Gasteiger partial charge in [-0.1, -0.05) is 13.3 Å². The summed E-state index contributed by atoms with van der Waals surface area (Å²) in [6.45, 7) is 5.43. The zero-order valence-electron chi connectivity index (χ0n) is 17.4. The summed E-state index contributed by atoms with van der Waals surface area (Å²) in [7, 11) is -3.52. The number of likely N-dealkylation sites (tertiary alicyclic amines) is 1. The average Bonchev–Trinajstić information content (AvgIpc) is 3.50. The van der Waals surface area contributed by atoms with Crippen LogP contribution in [0.15, 0.2) is 23.1 Å². The molecule has 29 heavy (non-hydrogen) atoms. The minimum Gasteiger partial charge on any atom is -0.312 e. The van der Waals surface area contributed by atoms with Crippen molar-refractivity contribution in [3.63, 3.8) is 0 Å². The molecule has 160 valence electrons. The number of amides is 1. The number of carbonyl (C=O) groups excluding carboxylic acids is 1. The number of hydrogen-bond donors (Lipinski definition) is 1. The Morgan fingerprint density at radius 3 is 2.76 bits per heavy atom. The first-order chi connectivity index (χ1) is 14.0. The number of sulfonamides is 1. The van der Waals surface area contributed by atoms with Crippen molar-refractivity contribution in [3.05, 3.63) is 23.8 Å². The van der Waals surface area contributed by atoms with Gasteiger partial charge in [-0.2, -0.15) is 0 Å². The molecule has 1 N–H and O–H groups in total. The van der Waals surface area contributed by atoms with Crippen molar-refractivity contribution in [1.82, 2.24) is 9.62 Å². The molecule has 0 radical (unpaired) electrons. The quantitative estimate of drug-likeness (QED) is 0.658. The van der Waals surface area contributed by atoms with Gasteiger partial charge in [0.05, 0.1) is 4.90 Å². The first kappa shape index (κ1) is 20.8. The summed E-state index contributed by atoms with van der Waals surface area (Å²) in [4.78, 5) is 17.0. The lowest BCUT2D eigenvalue weighted by atomic mass is 10.00. The fourth-order valence-corrected chi connectivity index (χ4v) is 5.84. The predicted molar refractivity (Wildman–Crippen MR) is 115 cm³/mol. The van der Waals surface area contributed by atoms with Crippen molar-refractivity contribution >= 4 is 21.6 Å². The van der Waals surface area contributed by atoms with Crippen LogP contribution in [0.1, 0.15) is 57.4 Å². The second-order valence-corrected chi connectivity index (χ2v) is 10.4. The van der Waals surface area contributed by atoms with Crippen LogP contribution in [-0.2, 0) is 21.2 Å². The van der Waals surface area contributed by atoms with Crippen LogP contribution < -0.4 is 9.62 Å². The molecule has 2 heterocycles. The Morgan fingerprint density at radius 2 is 2.00 bits per heavy atom. The van der Waals surface area contributed by atoms with E-state index in [1.54, 1.807) is 18.2 Å². The van der Waals surface area contributed by atoms with Gasteiger partial charge in [-0.3, -0.25) is 4.79 Å². The fourth-order valence-electron chi connectivity index (χ4n) is 4.71. The van der Waals surface area contributed by atoms with E-state index in [4.69, 9.17) is 0 Å². The molecule has 7 heteroatoms. The van der Waals surface area contributed by atoms with Crippen LogP contribution in [0.3, 0.4) is 0 Å². The molecule has 2 aliphatic heterocycles. The summed E-state index contributed by atoms with van der Waals surface area (Å²) in [6.07, 6.45) is 8.50. The van der Waals surface area contributed by atoms with Crippen molar-refractivity contribution in [2.24, 2.45) is 5.92 Å². The third-order valence-electron chi connectivity index (χ3n) is 6.58. The Balaban J connectivity index is 1.32. The van der Waals surface area contributed by atoms with E-state index in [9.17, 15) is 13.2 Å². The summed E-state index contributed by atoms with van der Waals surface area (Å²) >= 11 is 0. The van der Waals surface area contributed by atoms with E-state index in [-0.39, 0.29) is 11.8 Å². The van der Waals surface area contributed by atoms with Crippen LogP contribution >= 0.6 is 0 Å². The smallest absolute Gasteiger partial charge is 0.240 e. The molecule has 1 aliphatic carbocycles. The number of benzene rings is 1. The van der Waals surface area contributed by atoms with Gasteiger partial charge in [0.25, 0.3) is 0 Å². The highest BCUT2D eigenvalue weighted by molar-refractivity contribution is 7.89. The number of fused-ring (bicyclic) bond motifs is 1. The molecule has 4 rings (SSSR count). The van der Waals surface area contributed by atoms with Crippen molar-refractivity contribution in [3.8, 4) is 0 Å². The van der Waals surface area contributed by atoms with Gasteiger partial charge in [0, 0.05) is 30.7 Å². The van der Waals surface area contributed by atoms with Crippen LogP contribution in [0.2, 0.25) is 0 Å². The lowest BCUT2D eigenvalue weighted by Crippen LogP contribution is -2.40. The Hall–Kier alpha value is -1.44. The zero-order valence-corrected chi connectivity index (χ0v) is 18.2. The third kappa shape index (κ3) is 4.67. The number of rotatable bonds is 8. The first-order valence-corrected chi connectivity index (χ1v) is 12.7. The van der Waals surface area contributed by atoms with E-state index in [0.717, 1.165) is 50.0 Å². The molecule has 6 nitrogen and oxygen atoms in total. The van der Waals surface area contributed by atoms with Crippen LogP contribution in [0, 0.1) is 5.92 Å². The number of nitrogens with zero attached hydrogens (tertiary/aromatic N) is 2. The number of piperidine rings is 1. The summed E-state index contributed by atoms with van der Waals surface area (Å²) in [5.41, 5.74) is 1.84. The van der Waals surface area contributed by atoms with E-state index in [2.05, 4.69) is 16.5 Å². The van der Waals surface area contributed by atoms with Crippen LogP contribution in [0.5, 0.6) is 0 Å². The van der Waals surface area contributed by atoms with Gasteiger partial charge < -0.3 is 9.80 Å². The molecule has 1 atom stereocenters. The van der Waals surface area contributed by atoms with E-state index in [1.807, 2.05) is 4.90 Å². The summed E-state index contributed by atoms with van der Waals surface area (Å²) < 4.78 is 28.2. The summed E-state index contributed by atoms with van der Waals surface area (Å²) in [5.74, 6) is 0.374. The number of carbonyl (C=O) groups is 1. The van der Waals surface area contributed by atoms with Gasteiger partial charge in [-0.05, 0) is 81.8 Å². The average molecular weight is 420 g/mol. The Morgan fingerprint density at radius 1 is 1.17 bits per heavy atom. The van der Waals surface area contributed by atoms with Crippen molar-refractivity contribution < 1.29 is 13.2 Å². The molecule has 1 aromatic carbocycles. The molecule has 1 unspecified atom stereocenters. The zero-order chi connectivity index (χ0) is 20.4. The van der Waals surface area contributed by atoms with Gasteiger partial charge in [0.15, 0.2) is 0 Å². The van der Waals surface area contributed by atoms with Crippen LogP contribution in [-0.4, -0.2) is 51.4 Å². The van der Waals surface area contributed by atoms with Crippen molar-refractivity contribution in [2.45, 2.75) is 69.2 Å². The predicted octanol–water partition coefficient (Wildman–Crippen LogP) is 2.92. The molecule has 1 saturated carbocycles. The molecule has 1 saturated heterocycles. The number of hydrogen-bond acceptors (Lipinski definition) is 4. The van der Waals surface area contributed by atoms with Gasteiger partial charge in [-0.25, -0.2) is 13.1 Å². The Kier molecular flexibility index (Phi) is 6.27. The van der Waals surface area contributed by atoms with E-state index >= 15 is 0 Å². The highest BCUT2D eigenvalue weighted by Crippen LogP contribution is 2.37. The molecule has 1 aromatic rings. The summed E-state index contributed by atoms with van der Waals surface area (Å²) in [6, 6.07) is 5.84. The maximum Gasteiger partial charge on any atom is 0.240 e. The molecular weight excluding hydrogens is 386 g/mol. The molecule has 0 spiro atoms. The standard InChI is InChI=1S/C22H33N3O3S/c1-2-19-6-3-4-13-24(19)14-5-12-23-29(27,28)20-9-10-21-18(16-20)11-15-25(21)22(26)17-7-8-17/h9-10,16-17,19,23H,2-8,11-15H2,1H3. The highest BCUT2D eigenvalue weighted by atomic mass is 32.2. The topological polar surface area (TPSA) is 69.7 Å². The largest absolute Gasteiger partial charge is 0.312 e. The lowest BCUT2D eigenvalue weighted by molar-refractivity contribution is -0.119. The molecular formula is C22H33N3O3S. The van der Waals surface area contributed by atoms with E-state index in [0.29, 0.717) is 24.0 Å². The van der Waals surface area contributed by atoms with Crippen molar-refractivity contribution in [1.29, 1.82) is 0 Å². The van der Waals surface area contributed by atoms with E-state index in [1.165, 1.54) is 25.7 Å². The number of nitrogens with one attached hydrogen (secondary N) is 1. The Labute approximate surface area is 174 Å². The van der Waals surface area contributed by atoms with Crippen LogP contribution in [0.25, 0.3) is 0 Å². The summed E-state index contributed by atoms with van der Waals surface area (Å²) in [5, 5.41) is 0. The van der Waals surface area contributed by atoms with Crippen molar-refractivity contribution in [2.75, 3.05) is 31.1 Å². The second kappa shape index (κ2) is 8.74. The first-order valence-electron chi connectivity index (χ1n) is 11.2. The maximum atomic E-state index is 12.7. The molecule has 2 fully saturated rings. The van der Waals surface area contributed by atoms with Gasteiger partial charge in [0.1, 0.15) is 0 Å². The maximum absolute atomic E-state index is 12.7. The van der Waals surface area contributed by atoms with Gasteiger partial charge in [0.2, 0.25) is 15.9 Å². The molecule has 0 bridgehead atoms. The molecule has 3 aliphatic rings. The Bertz CT molecular complexity index is 851. The third-order valence-corrected chi connectivity index (χ3v) is 8.04. The molecule has 0 aromatic heterocycles. The molecule has 1 amide bonds. The lowest BCUT2D eigenvalue weighted by Gasteiger charge is -2.35. The fraction of sp³-hybridized carbons (Fsp3) is 0.682. The second-order valence-electron chi connectivity index (χ2n) is 8.65. The highest BCUT2D eigenvalue weighted by Gasteiger charge is 2.36. The minimum absolute atomic E-state index is 0.179. The number of anilines is 1.